The van der Waals surface area contributed by atoms with Crippen LogP contribution in [0.3, 0.4) is 0 Å². The number of amides is 1. The van der Waals surface area contributed by atoms with E-state index in [1.165, 1.54) is 18.3 Å². The van der Waals surface area contributed by atoms with E-state index in [1.807, 2.05) is 12.1 Å². The zero-order chi connectivity index (χ0) is 20.4. The van der Waals surface area contributed by atoms with Crippen LogP contribution in [0, 0.1) is 5.82 Å². The van der Waals surface area contributed by atoms with Gasteiger partial charge in [-0.3, -0.25) is 14.6 Å². The van der Waals surface area contributed by atoms with Gasteiger partial charge in [-0.2, -0.15) is 0 Å². The minimum absolute atomic E-state index is 0.159. The van der Waals surface area contributed by atoms with Gasteiger partial charge in [-0.15, -0.1) is 0 Å². The number of nitrogens with zero attached hydrogens (tertiary/aromatic N) is 2. The molecule has 4 aromatic rings. The molecule has 2 heterocycles. The van der Waals surface area contributed by atoms with Crippen molar-refractivity contribution in [2.24, 2.45) is 5.73 Å². The number of nitrogens with two attached hydrogens (primary N) is 1. The van der Waals surface area contributed by atoms with Gasteiger partial charge in [0.1, 0.15) is 23.7 Å². The van der Waals surface area contributed by atoms with Crippen LogP contribution in [0.1, 0.15) is 15.9 Å². The van der Waals surface area contributed by atoms with Gasteiger partial charge in [0, 0.05) is 24.3 Å². The molecule has 0 fully saturated rings. The maximum absolute atomic E-state index is 13.3. The summed E-state index contributed by atoms with van der Waals surface area (Å²) in [6.45, 7) is 0.301. The van der Waals surface area contributed by atoms with Crippen molar-refractivity contribution in [2.75, 3.05) is 0 Å². The molecular formula is C22H16FN3O3. The highest BCUT2D eigenvalue weighted by Gasteiger charge is 2.15. The average molecular weight is 389 g/mol. The van der Waals surface area contributed by atoms with Gasteiger partial charge in [0.2, 0.25) is 5.43 Å². The Bertz CT molecular complexity index is 1250. The minimum atomic E-state index is -0.837. The van der Waals surface area contributed by atoms with E-state index < -0.39 is 11.3 Å². The molecule has 0 spiro atoms. The molecule has 0 aliphatic heterocycles. The third kappa shape index (κ3) is 3.70. The highest BCUT2D eigenvalue weighted by Crippen LogP contribution is 2.23. The maximum atomic E-state index is 13.3. The Hall–Kier alpha value is -4.00. The molecule has 6 nitrogen and oxygen atoms in total. The number of aromatic nitrogens is 2. The first-order chi connectivity index (χ1) is 14.0. The molecule has 2 N–H and O–H groups in total. The Morgan fingerprint density at radius 1 is 1.07 bits per heavy atom. The molecule has 7 heteroatoms. The van der Waals surface area contributed by atoms with Gasteiger partial charge >= 0.3 is 0 Å². The summed E-state index contributed by atoms with van der Waals surface area (Å²) in [6, 6.07) is 14.4. The maximum Gasteiger partial charge on any atom is 0.254 e. The molecule has 0 aliphatic carbocycles. The van der Waals surface area contributed by atoms with Gasteiger partial charge in [-0.1, -0.05) is 0 Å². The van der Waals surface area contributed by atoms with Crippen LogP contribution in [0.4, 0.5) is 4.39 Å². The molecular weight excluding hydrogens is 373 g/mol. The minimum Gasteiger partial charge on any atom is -0.489 e. The summed E-state index contributed by atoms with van der Waals surface area (Å²) in [5.41, 5.74) is 6.81. The van der Waals surface area contributed by atoms with E-state index in [4.69, 9.17) is 10.5 Å². The number of rotatable bonds is 5. The largest absolute Gasteiger partial charge is 0.489 e. The van der Waals surface area contributed by atoms with E-state index in [0.29, 0.717) is 23.6 Å². The quantitative estimate of drug-likeness (QED) is 0.568. The summed E-state index contributed by atoms with van der Waals surface area (Å²) in [5, 5.41) is 0.276. The number of hydrogen-bond donors (Lipinski definition) is 1. The zero-order valence-electron chi connectivity index (χ0n) is 15.2. The summed E-state index contributed by atoms with van der Waals surface area (Å²) >= 11 is 0. The first-order valence-electron chi connectivity index (χ1n) is 8.80. The molecule has 1 amide bonds. The van der Waals surface area contributed by atoms with Crippen molar-refractivity contribution in [3.8, 4) is 11.4 Å². The molecule has 0 radical (unpaired) electrons. The molecule has 0 aliphatic rings. The Morgan fingerprint density at radius 3 is 2.48 bits per heavy atom. The van der Waals surface area contributed by atoms with Crippen LogP contribution in [-0.2, 0) is 6.61 Å². The Morgan fingerprint density at radius 2 is 1.79 bits per heavy atom. The lowest BCUT2D eigenvalue weighted by atomic mass is 10.1. The van der Waals surface area contributed by atoms with Crippen LogP contribution in [0.5, 0.6) is 5.75 Å². The van der Waals surface area contributed by atoms with E-state index in [0.717, 1.165) is 5.56 Å². The summed E-state index contributed by atoms with van der Waals surface area (Å²) in [6.07, 6.45) is 4.71. The van der Waals surface area contributed by atoms with Gasteiger partial charge in [0.15, 0.2) is 0 Å². The molecule has 144 valence electrons. The number of halogens is 1. The first kappa shape index (κ1) is 18.4. The van der Waals surface area contributed by atoms with Crippen molar-refractivity contribution in [2.45, 2.75) is 6.61 Å². The second-order valence-electron chi connectivity index (χ2n) is 6.41. The molecule has 29 heavy (non-hydrogen) atoms. The second kappa shape index (κ2) is 7.55. The fraction of sp³-hybridized carbons (Fsp3) is 0.0455. The number of fused-ring (bicyclic) bond motifs is 1. The predicted molar refractivity (Wildman–Crippen MR) is 107 cm³/mol. The molecule has 0 atom stereocenters. The summed E-state index contributed by atoms with van der Waals surface area (Å²) in [7, 11) is 0. The van der Waals surface area contributed by atoms with E-state index in [-0.39, 0.29) is 16.8 Å². The van der Waals surface area contributed by atoms with E-state index in [9.17, 15) is 14.0 Å². The van der Waals surface area contributed by atoms with Crippen molar-refractivity contribution < 1.29 is 13.9 Å². The third-order valence-corrected chi connectivity index (χ3v) is 4.50. The van der Waals surface area contributed by atoms with E-state index in [2.05, 4.69) is 4.98 Å². The van der Waals surface area contributed by atoms with Gasteiger partial charge in [-0.05, 0) is 60.2 Å². The lowest BCUT2D eigenvalue weighted by Gasteiger charge is -2.14. The highest BCUT2D eigenvalue weighted by atomic mass is 19.1. The Kier molecular flexibility index (Phi) is 4.78. The molecule has 0 bridgehead atoms. The zero-order valence-corrected chi connectivity index (χ0v) is 15.2. The number of carbonyl (C=O) groups excluding carboxylic acids is 1. The lowest BCUT2D eigenvalue weighted by molar-refractivity contribution is 0.0999. The number of ether oxygens (including phenoxy) is 1. The summed E-state index contributed by atoms with van der Waals surface area (Å²) < 4.78 is 20.7. The smallest absolute Gasteiger partial charge is 0.254 e. The monoisotopic (exact) mass is 389 g/mol. The van der Waals surface area contributed by atoms with Crippen LogP contribution < -0.4 is 15.9 Å². The number of primary amides is 1. The van der Waals surface area contributed by atoms with Crippen molar-refractivity contribution in [1.29, 1.82) is 0 Å². The molecule has 2 aromatic carbocycles. The van der Waals surface area contributed by atoms with Gasteiger partial charge < -0.3 is 15.0 Å². The molecule has 0 saturated heterocycles. The Labute approximate surface area is 165 Å². The van der Waals surface area contributed by atoms with Gasteiger partial charge in [0.25, 0.3) is 5.91 Å². The number of pyridine rings is 2. The van der Waals surface area contributed by atoms with Crippen molar-refractivity contribution in [1.82, 2.24) is 9.55 Å². The molecule has 4 rings (SSSR count). The third-order valence-electron chi connectivity index (χ3n) is 4.50. The van der Waals surface area contributed by atoms with E-state index in [1.54, 1.807) is 47.3 Å². The molecule has 2 aromatic heterocycles. The van der Waals surface area contributed by atoms with Gasteiger partial charge in [-0.25, -0.2) is 4.39 Å². The molecule has 0 saturated carbocycles. The predicted octanol–water partition coefficient (Wildman–Crippen LogP) is 3.20. The van der Waals surface area contributed by atoms with Crippen molar-refractivity contribution >= 4 is 16.8 Å². The summed E-state index contributed by atoms with van der Waals surface area (Å²) in [4.78, 5) is 28.6. The fourth-order valence-electron chi connectivity index (χ4n) is 3.04. The molecule has 0 unspecified atom stereocenters. The van der Waals surface area contributed by atoms with Crippen molar-refractivity contribution in [3.63, 3.8) is 0 Å². The van der Waals surface area contributed by atoms with Crippen molar-refractivity contribution in [3.05, 3.63) is 100 Å². The van der Waals surface area contributed by atoms with Crippen LogP contribution in [0.15, 0.2) is 78.0 Å². The standard InChI is InChI=1S/C22H16FN3O3/c23-15-1-3-16(4-2-15)26-12-19(22(24)28)21(27)18-11-17(5-6-20(18)26)29-13-14-7-9-25-10-8-14/h1-12H,13H2,(H2,24,28). The average Bonchev–Trinajstić information content (AvgIpc) is 2.74. The topological polar surface area (TPSA) is 87.2 Å². The number of benzene rings is 2. The number of hydrogen-bond acceptors (Lipinski definition) is 4. The number of carbonyl (C=O) groups is 1. The van der Waals surface area contributed by atoms with Gasteiger partial charge in [0.05, 0.1) is 10.9 Å². The summed E-state index contributed by atoms with van der Waals surface area (Å²) in [5.74, 6) is -0.754. The van der Waals surface area contributed by atoms with Crippen LogP contribution in [0.25, 0.3) is 16.6 Å². The highest BCUT2D eigenvalue weighted by molar-refractivity contribution is 5.96. The first-order valence-corrected chi connectivity index (χ1v) is 8.80. The van der Waals surface area contributed by atoms with Crippen LogP contribution in [0.2, 0.25) is 0 Å². The normalized spacial score (nSPS) is 10.8. The SMILES string of the molecule is NC(=O)c1cn(-c2ccc(F)cc2)c2ccc(OCc3ccncc3)cc2c1=O. The van der Waals surface area contributed by atoms with Crippen LogP contribution >= 0.6 is 0 Å². The second-order valence-corrected chi connectivity index (χ2v) is 6.41. The fourth-order valence-corrected chi connectivity index (χ4v) is 3.04. The lowest BCUT2D eigenvalue weighted by Crippen LogP contribution is -2.23. The van der Waals surface area contributed by atoms with Crippen LogP contribution in [-0.4, -0.2) is 15.5 Å². The Balaban J connectivity index is 1.82. The van der Waals surface area contributed by atoms with E-state index >= 15 is 0 Å².